The summed E-state index contributed by atoms with van der Waals surface area (Å²) in [4.78, 5) is 11.0. The molecule has 0 radical (unpaired) electrons. The number of benzene rings is 2. The van der Waals surface area contributed by atoms with Gasteiger partial charge in [0, 0.05) is 5.56 Å². The molecule has 0 fully saturated rings. The number of ether oxygens (including phenoxy) is 1. The lowest BCUT2D eigenvalue weighted by atomic mass is 10.1. The Morgan fingerprint density at radius 2 is 1.94 bits per heavy atom. The second-order valence-electron chi connectivity index (χ2n) is 4.03. The first-order chi connectivity index (χ1) is 8.74. The van der Waals surface area contributed by atoms with Crippen molar-refractivity contribution >= 4 is 6.29 Å². The summed E-state index contributed by atoms with van der Waals surface area (Å²) < 4.78 is 5.69. The van der Waals surface area contributed by atoms with E-state index in [1.807, 2.05) is 25.1 Å². The van der Waals surface area contributed by atoms with Crippen molar-refractivity contribution in [3.8, 4) is 11.5 Å². The van der Waals surface area contributed by atoms with E-state index in [0.717, 1.165) is 11.8 Å². The van der Waals surface area contributed by atoms with Gasteiger partial charge in [-0.3, -0.25) is 4.79 Å². The molecule has 0 aromatic heterocycles. The average Bonchev–Trinajstić information content (AvgIpc) is 2.41. The Balaban J connectivity index is 2.36. The Morgan fingerprint density at radius 1 is 1.17 bits per heavy atom. The summed E-state index contributed by atoms with van der Waals surface area (Å²) in [6, 6.07) is 12.6. The molecule has 0 bridgehead atoms. The van der Waals surface area contributed by atoms with Crippen LogP contribution in [-0.2, 0) is 6.61 Å². The van der Waals surface area contributed by atoms with Gasteiger partial charge in [0.05, 0.1) is 12.2 Å². The Hall–Kier alpha value is -2.13. The Morgan fingerprint density at radius 3 is 2.67 bits per heavy atom. The van der Waals surface area contributed by atoms with Crippen LogP contribution in [-0.4, -0.2) is 11.4 Å². The molecule has 0 saturated carbocycles. The lowest BCUT2D eigenvalue weighted by Gasteiger charge is -2.11. The van der Waals surface area contributed by atoms with Crippen LogP contribution in [0.2, 0.25) is 0 Å². The van der Waals surface area contributed by atoms with Gasteiger partial charge in [0.2, 0.25) is 0 Å². The van der Waals surface area contributed by atoms with Crippen LogP contribution in [0.3, 0.4) is 0 Å². The third-order valence-electron chi connectivity index (χ3n) is 2.66. The molecule has 2 aromatic rings. The van der Waals surface area contributed by atoms with Crippen molar-refractivity contribution in [2.75, 3.05) is 0 Å². The van der Waals surface area contributed by atoms with Crippen molar-refractivity contribution in [1.29, 1.82) is 0 Å². The van der Waals surface area contributed by atoms with Crippen molar-refractivity contribution in [2.45, 2.75) is 13.5 Å². The molecule has 0 aliphatic heterocycles. The quantitative estimate of drug-likeness (QED) is 0.838. The number of rotatable bonds is 4. The standard InChI is InChI=1S/C15H14O3/c1-11-6-7-15(13(8-11)10-17)18-14-5-3-2-4-12(14)9-16/h2-8,10,16H,9H2,1H3. The molecule has 0 unspecified atom stereocenters. The summed E-state index contributed by atoms with van der Waals surface area (Å²) in [5.41, 5.74) is 2.19. The molecule has 1 N–H and O–H groups in total. The number of aliphatic hydroxyl groups excluding tert-OH is 1. The zero-order valence-electron chi connectivity index (χ0n) is 10.1. The van der Waals surface area contributed by atoms with Gasteiger partial charge < -0.3 is 9.84 Å². The van der Waals surface area contributed by atoms with Crippen LogP contribution in [0.5, 0.6) is 11.5 Å². The monoisotopic (exact) mass is 242 g/mol. The van der Waals surface area contributed by atoms with E-state index in [0.29, 0.717) is 22.6 Å². The van der Waals surface area contributed by atoms with E-state index in [1.54, 1.807) is 24.3 Å². The SMILES string of the molecule is Cc1ccc(Oc2ccccc2CO)c(C=O)c1. The van der Waals surface area contributed by atoms with Gasteiger partial charge in [0.1, 0.15) is 11.5 Å². The summed E-state index contributed by atoms with van der Waals surface area (Å²) in [5.74, 6) is 1.06. The number of aryl methyl sites for hydroxylation is 1. The van der Waals surface area contributed by atoms with Crippen molar-refractivity contribution in [3.05, 3.63) is 59.2 Å². The predicted molar refractivity (Wildman–Crippen MR) is 69.0 cm³/mol. The normalized spacial score (nSPS) is 10.1. The summed E-state index contributed by atoms with van der Waals surface area (Å²) in [6.45, 7) is 1.82. The zero-order chi connectivity index (χ0) is 13.0. The van der Waals surface area contributed by atoms with Gasteiger partial charge in [0.15, 0.2) is 6.29 Å². The molecule has 0 aliphatic rings. The maximum atomic E-state index is 11.0. The van der Waals surface area contributed by atoms with Gasteiger partial charge >= 0.3 is 0 Å². The first-order valence-corrected chi connectivity index (χ1v) is 5.67. The van der Waals surface area contributed by atoms with Gasteiger partial charge in [-0.05, 0) is 25.1 Å². The van der Waals surface area contributed by atoms with Crippen LogP contribution in [0.4, 0.5) is 0 Å². The van der Waals surface area contributed by atoms with Crippen LogP contribution in [0, 0.1) is 6.92 Å². The van der Waals surface area contributed by atoms with E-state index < -0.39 is 0 Å². The van der Waals surface area contributed by atoms with Crippen LogP contribution < -0.4 is 4.74 Å². The number of hydrogen-bond acceptors (Lipinski definition) is 3. The third kappa shape index (κ3) is 2.57. The summed E-state index contributed by atoms with van der Waals surface area (Å²) in [5, 5.41) is 9.22. The molecular weight excluding hydrogens is 228 g/mol. The van der Waals surface area contributed by atoms with Crippen molar-refractivity contribution < 1.29 is 14.6 Å². The Kier molecular flexibility index (Phi) is 3.75. The van der Waals surface area contributed by atoms with Crippen LogP contribution >= 0.6 is 0 Å². The predicted octanol–water partition coefficient (Wildman–Crippen LogP) is 3.09. The second kappa shape index (κ2) is 5.47. The van der Waals surface area contributed by atoms with Gasteiger partial charge in [-0.2, -0.15) is 0 Å². The number of carbonyl (C=O) groups is 1. The molecule has 3 heteroatoms. The lowest BCUT2D eigenvalue weighted by Crippen LogP contribution is -1.94. The fourth-order valence-corrected chi connectivity index (χ4v) is 1.71. The minimum absolute atomic E-state index is 0.0988. The van der Waals surface area contributed by atoms with Gasteiger partial charge in [-0.25, -0.2) is 0 Å². The summed E-state index contributed by atoms with van der Waals surface area (Å²) >= 11 is 0. The molecule has 18 heavy (non-hydrogen) atoms. The van der Waals surface area contributed by atoms with E-state index >= 15 is 0 Å². The second-order valence-corrected chi connectivity index (χ2v) is 4.03. The van der Waals surface area contributed by atoms with E-state index in [1.165, 1.54) is 0 Å². The maximum absolute atomic E-state index is 11.0. The van der Waals surface area contributed by atoms with Crippen molar-refractivity contribution in [3.63, 3.8) is 0 Å². The fourth-order valence-electron chi connectivity index (χ4n) is 1.71. The highest BCUT2D eigenvalue weighted by Gasteiger charge is 2.07. The van der Waals surface area contributed by atoms with Gasteiger partial charge in [-0.1, -0.05) is 29.8 Å². The van der Waals surface area contributed by atoms with Gasteiger partial charge in [-0.15, -0.1) is 0 Å². The molecule has 0 saturated heterocycles. The first kappa shape index (κ1) is 12.3. The Bertz CT molecular complexity index is 561. The molecule has 2 rings (SSSR count). The summed E-state index contributed by atoms with van der Waals surface area (Å²) in [6.07, 6.45) is 0.768. The maximum Gasteiger partial charge on any atom is 0.153 e. The van der Waals surface area contributed by atoms with Crippen LogP contribution in [0.15, 0.2) is 42.5 Å². The molecule has 2 aromatic carbocycles. The molecule has 0 aliphatic carbocycles. The number of aldehydes is 1. The fraction of sp³-hybridized carbons (Fsp3) is 0.133. The molecule has 0 amide bonds. The summed E-state index contributed by atoms with van der Waals surface area (Å²) in [7, 11) is 0. The zero-order valence-corrected chi connectivity index (χ0v) is 10.1. The number of carbonyl (C=O) groups excluding carboxylic acids is 1. The van der Waals surface area contributed by atoms with E-state index in [-0.39, 0.29) is 6.61 Å². The molecule has 0 spiro atoms. The average molecular weight is 242 g/mol. The largest absolute Gasteiger partial charge is 0.456 e. The van der Waals surface area contributed by atoms with Crippen molar-refractivity contribution in [1.82, 2.24) is 0 Å². The molecule has 0 atom stereocenters. The number of hydrogen-bond donors (Lipinski definition) is 1. The third-order valence-corrected chi connectivity index (χ3v) is 2.66. The van der Waals surface area contributed by atoms with E-state index in [4.69, 9.17) is 4.74 Å². The van der Waals surface area contributed by atoms with E-state index in [2.05, 4.69) is 0 Å². The highest BCUT2D eigenvalue weighted by atomic mass is 16.5. The van der Waals surface area contributed by atoms with Crippen molar-refractivity contribution in [2.24, 2.45) is 0 Å². The minimum Gasteiger partial charge on any atom is -0.456 e. The topological polar surface area (TPSA) is 46.5 Å². The molecule has 0 heterocycles. The minimum atomic E-state index is -0.0988. The number of para-hydroxylation sites is 1. The van der Waals surface area contributed by atoms with Crippen LogP contribution in [0.25, 0.3) is 0 Å². The first-order valence-electron chi connectivity index (χ1n) is 5.67. The molecule has 3 nitrogen and oxygen atoms in total. The molecule has 92 valence electrons. The van der Waals surface area contributed by atoms with Gasteiger partial charge in [0.25, 0.3) is 0 Å². The smallest absolute Gasteiger partial charge is 0.153 e. The highest BCUT2D eigenvalue weighted by Crippen LogP contribution is 2.28. The number of aliphatic hydroxyl groups is 1. The van der Waals surface area contributed by atoms with Crippen LogP contribution in [0.1, 0.15) is 21.5 Å². The van der Waals surface area contributed by atoms with E-state index in [9.17, 15) is 9.90 Å². The highest BCUT2D eigenvalue weighted by molar-refractivity contribution is 5.79. The lowest BCUT2D eigenvalue weighted by molar-refractivity contribution is 0.112. The molecular formula is C15H14O3. The Labute approximate surface area is 106 Å².